The molecule has 2 aromatic carbocycles. The second kappa shape index (κ2) is 8.88. The summed E-state index contributed by atoms with van der Waals surface area (Å²) in [6.45, 7) is 0.0360. The van der Waals surface area contributed by atoms with E-state index in [0.717, 1.165) is 5.56 Å². The first-order chi connectivity index (χ1) is 13.4. The average molecular weight is 417 g/mol. The van der Waals surface area contributed by atoms with E-state index in [-0.39, 0.29) is 11.4 Å². The van der Waals surface area contributed by atoms with Crippen molar-refractivity contribution < 1.29 is 17.6 Å². The summed E-state index contributed by atoms with van der Waals surface area (Å²) in [5.41, 5.74) is 1.14. The fourth-order valence-corrected chi connectivity index (χ4v) is 3.61. The van der Waals surface area contributed by atoms with Crippen LogP contribution < -0.4 is 10.0 Å². The monoisotopic (exact) mass is 416 g/mol. The van der Waals surface area contributed by atoms with Gasteiger partial charge in [-0.15, -0.1) is 0 Å². The first-order valence-electron chi connectivity index (χ1n) is 8.29. The van der Waals surface area contributed by atoms with Crippen LogP contribution in [0, 0.1) is 0 Å². The molecule has 6 nitrogen and oxygen atoms in total. The van der Waals surface area contributed by atoms with Crippen LogP contribution in [0.25, 0.3) is 6.08 Å². The van der Waals surface area contributed by atoms with Gasteiger partial charge in [-0.05, 0) is 54.1 Å². The fraction of sp³-hybridized carbons (Fsp3) is 0.0500. The van der Waals surface area contributed by atoms with Crippen LogP contribution in [0.3, 0.4) is 0 Å². The summed E-state index contributed by atoms with van der Waals surface area (Å²) in [6.07, 6.45) is 4.44. The predicted octanol–water partition coefficient (Wildman–Crippen LogP) is 4.06. The Morgan fingerprint density at radius 3 is 2.64 bits per heavy atom. The zero-order valence-electron chi connectivity index (χ0n) is 14.6. The van der Waals surface area contributed by atoms with Crippen molar-refractivity contribution in [1.29, 1.82) is 0 Å². The Balaban J connectivity index is 1.66. The second-order valence-electron chi connectivity index (χ2n) is 5.81. The largest absolute Gasteiger partial charge is 0.468 e. The van der Waals surface area contributed by atoms with Gasteiger partial charge in [0, 0.05) is 16.8 Å². The first kappa shape index (κ1) is 19.9. The summed E-state index contributed by atoms with van der Waals surface area (Å²) in [4.78, 5) is 12.1. The van der Waals surface area contributed by atoms with E-state index in [9.17, 15) is 13.2 Å². The Bertz CT molecular complexity index is 1090. The minimum atomic E-state index is -3.75. The normalized spacial score (nSPS) is 11.6. The van der Waals surface area contributed by atoms with Crippen LogP contribution in [0.1, 0.15) is 11.3 Å². The maximum atomic E-state index is 12.4. The number of nitrogens with one attached hydrogen (secondary N) is 2. The topological polar surface area (TPSA) is 88.4 Å². The third-order valence-corrected chi connectivity index (χ3v) is 5.34. The number of rotatable bonds is 7. The van der Waals surface area contributed by atoms with E-state index in [1.807, 2.05) is 6.07 Å². The maximum absolute atomic E-state index is 12.4. The van der Waals surface area contributed by atoms with Crippen molar-refractivity contribution in [1.82, 2.24) is 4.72 Å². The van der Waals surface area contributed by atoms with Gasteiger partial charge in [0.15, 0.2) is 0 Å². The minimum absolute atomic E-state index is 0.0360. The highest BCUT2D eigenvalue weighted by molar-refractivity contribution is 7.89. The molecule has 0 saturated heterocycles. The highest BCUT2D eigenvalue weighted by Crippen LogP contribution is 2.16. The predicted molar refractivity (Wildman–Crippen MR) is 108 cm³/mol. The van der Waals surface area contributed by atoms with E-state index in [1.54, 1.807) is 48.5 Å². The lowest BCUT2D eigenvalue weighted by molar-refractivity contribution is -0.111. The highest BCUT2D eigenvalue weighted by Gasteiger charge is 2.15. The number of anilines is 1. The molecule has 3 rings (SSSR count). The second-order valence-corrected chi connectivity index (χ2v) is 8.01. The van der Waals surface area contributed by atoms with Crippen LogP contribution in [-0.2, 0) is 21.4 Å². The molecule has 0 aliphatic rings. The Labute approximate surface area is 167 Å². The highest BCUT2D eigenvalue weighted by atomic mass is 35.5. The smallest absolute Gasteiger partial charge is 0.248 e. The molecule has 1 amide bonds. The van der Waals surface area contributed by atoms with Crippen LogP contribution in [0.15, 0.2) is 82.3 Å². The summed E-state index contributed by atoms with van der Waals surface area (Å²) in [5.74, 6) is 0.109. The van der Waals surface area contributed by atoms with Crippen molar-refractivity contribution >= 4 is 39.3 Å². The molecule has 0 unspecified atom stereocenters. The number of carbonyl (C=O) groups excluding carboxylic acids is 1. The van der Waals surface area contributed by atoms with Crippen LogP contribution in [0.2, 0.25) is 5.02 Å². The molecule has 0 bridgehead atoms. The molecule has 0 saturated carbocycles. The minimum Gasteiger partial charge on any atom is -0.468 e. The summed E-state index contributed by atoms with van der Waals surface area (Å²) in [6, 6.07) is 16.4. The number of hydrogen-bond acceptors (Lipinski definition) is 4. The lowest BCUT2D eigenvalue weighted by atomic mass is 10.2. The fourth-order valence-electron chi connectivity index (χ4n) is 2.37. The molecular formula is C20H17ClN2O4S. The Morgan fingerprint density at radius 2 is 1.89 bits per heavy atom. The Morgan fingerprint density at radius 1 is 1.07 bits per heavy atom. The number of amides is 1. The Kier molecular flexibility index (Phi) is 6.30. The van der Waals surface area contributed by atoms with Crippen LogP contribution in [0.5, 0.6) is 0 Å². The molecule has 0 radical (unpaired) electrons. The zero-order valence-corrected chi connectivity index (χ0v) is 16.2. The van der Waals surface area contributed by atoms with Gasteiger partial charge in [-0.3, -0.25) is 4.79 Å². The van der Waals surface area contributed by atoms with E-state index >= 15 is 0 Å². The number of halogens is 1. The molecule has 0 fully saturated rings. The van der Waals surface area contributed by atoms with Crippen molar-refractivity contribution in [3.8, 4) is 0 Å². The maximum Gasteiger partial charge on any atom is 0.248 e. The van der Waals surface area contributed by atoms with Gasteiger partial charge in [0.2, 0.25) is 15.9 Å². The summed E-state index contributed by atoms with van der Waals surface area (Å²) >= 11 is 5.91. The van der Waals surface area contributed by atoms with Crippen LogP contribution >= 0.6 is 11.6 Å². The van der Waals surface area contributed by atoms with Gasteiger partial charge in [0.05, 0.1) is 17.7 Å². The first-order valence-corrected chi connectivity index (χ1v) is 10.2. The summed E-state index contributed by atoms with van der Waals surface area (Å²) in [7, 11) is -3.75. The Hall–Kier alpha value is -2.87. The molecule has 3 aromatic rings. The quantitative estimate of drug-likeness (QED) is 0.568. The van der Waals surface area contributed by atoms with E-state index < -0.39 is 15.9 Å². The molecule has 0 aliphatic heterocycles. The van der Waals surface area contributed by atoms with Gasteiger partial charge in [0.1, 0.15) is 5.76 Å². The molecule has 0 aliphatic carbocycles. The van der Waals surface area contributed by atoms with E-state index in [4.69, 9.17) is 16.0 Å². The number of furan rings is 1. The van der Waals surface area contributed by atoms with Crippen LogP contribution in [-0.4, -0.2) is 14.3 Å². The van der Waals surface area contributed by atoms with Gasteiger partial charge in [0.25, 0.3) is 0 Å². The molecule has 0 atom stereocenters. The standard InChI is InChI=1S/C20H17ClN2O4S/c21-16-5-1-4-15(12-16)9-10-20(24)23-17-6-2-8-19(13-17)28(25,26)22-14-18-7-3-11-27-18/h1-13,22H,14H2,(H,23,24)/b10-9+. The van der Waals surface area contributed by atoms with Gasteiger partial charge in [-0.1, -0.05) is 29.8 Å². The van der Waals surface area contributed by atoms with Crippen molar-refractivity contribution in [3.05, 3.63) is 89.3 Å². The molecule has 0 spiro atoms. The van der Waals surface area contributed by atoms with Crippen molar-refractivity contribution in [2.45, 2.75) is 11.4 Å². The molecule has 144 valence electrons. The molecule has 8 heteroatoms. The number of hydrogen-bond donors (Lipinski definition) is 2. The molecule has 1 heterocycles. The molecule has 28 heavy (non-hydrogen) atoms. The van der Waals surface area contributed by atoms with Crippen molar-refractivity contribution in [2.24, 2.45) is 0 Å². The van der Waals surface area contributed by atoms with Gasteiger partial charge in [-0.25, -0.2) is 13.1 Å². The summed E-state index contributed by atoms with van der Waals surface area (Å²) < 4.78 is 32.4. The molecular weight excluding hydrogens is 400 g/mol. The number of carbonyl (C=O) groups is 1. The lowest BCUT2D eigenvalue weighted by Crippen LogP contribution is -2.23. The number of benzene rings is 2. The molecule has 2 N–H and O–H groups in total. The van der Waals surface area contributed by atoms with E-state index in [0.29, 0.717) is 16.5 Å². The third kappa shape index (κ3) is 5.56. The average Bonchev–Trinajstić information content (AvgIpc) is 3.19. The number of sulfonamides is 1. The van der Waals surface area contributed by atoms with Crippen LogP contribution in [0.4, 0.5) is 5.69 Å². The van der Waals surface area contributed by atoms with Gasteiger partial charge in [-0.2, -0.15) is 0 Å². The zero-order chi connectivity index (χ0) is 20.0. The van der Waals surface area contributed by atoms with Crippen molar-refractivity contribution in [3.63, 3.8) is 0 Å². The lowest BCUT2D eigenvalue weighted by Gasteiger charge is -2.08. The third-order valence-electron chi connectivity index (χ3n) is 3.70. The van der Waals surface area contributed by atoms with Crippen molar-refractivity contribution in [2.75, 3.05) is 5.32 Å². The SMILES string of the molecule is O=C(/C=C/c1cccc(Cl)c1)Nc1cccc(S(=O)(=O)NCc2ccco2)c1. The van der Waals surface area contributed by atoms with Gasteiger partial charge < -0.3 is 9.73 Å². The molecule has 1 aromatic heterocycles. The van der Waals surface area contributed by atoms with E-state index in [2.05, 4.69) is 10.0 Å². The van der Waals surface area contributed by atoms with E-state index in [1.165, 1.54) is 24.5 Å². The summed E-state index contributed by atoms with van der Waals surface area (Å²) in [5, 5.41) is 3.21. The van der Waals surface area contributed by atoms with Gasteiger partial charge >= 0.3 is 0 Å².